The van der Waals surface area contributed by atoms with Gasteiger partial charge in [0.1, 0.15) is 18.4 Å². The highest BCUT2D eigenvalue weighted by atomic mass is 16.7. The van der Waals surface area contributed by atoms with Crippen LogP contribution in [0.15, 0.2) is 133 Å². The van der Waals surface area contributed by atoms with Crippen LogP contribution < -0.4 is 0 Å². The molecule has 2 unspecified atom stereocenters. The van der Waals surface area contributed by atoms with E-state index in [0.29, 0.717) is 0 Å². The molecule has 5 aromatic rings. The maximum absolute atomic E-state index is 14.1. The number of nitrogens with zero attached hydrogens (tertiary/aromatic N) is 1. The van der Waals surface area contributed by atoms with Crippen molar-refractivity contribution in [2.75, 3.05) is 21.0 Å². The van der Waals surface area contributed by atoms with Crippen molar-refractivity contribution in [2.24, 2.45) is 0 Å². The van der Waals surface area contributed by atoms with Crippen LogP contribution in [0.1, 0.15) is 28.7 Å². The summed E-state index contributed by atoms with van der Waals surface area (Å²) in [4.78, 5) is 15.8. The lowest BCUT2D eigenvalue weighted by molar-refractivity contribution is -0.303. The Balaban J connectivity index is 1.40. The summed E-state index contributed by atoms with van der Waals surface area (Å²) in [5.74, 6) is -1.50. The number of likely N-dealkylation sites (tertiary alicyclic amines) is 1. The van der Waals surface area contributed by atoms with Gasteiger partial charge in [0.2, 0.25) is 5.91 Å². The summed E-state index contributed by atoms with van der Waals surface area (Å²) in [7, 11) is 3.05. The Morgan fingerprint density at radius 1 is 0.750 bits per heavy atom. The minimum absolute atomic E-state index is 0.0639. The van der Waals surface area contributed by atoms with E-state index in [1.54, 1.807) is 4.90 Å². The van der Waals surface area contributed by atoms with Gasteiger partial charge in [0, 0.05) is 27.1 Å². The monoisotopic (exact) mass is 587 g/mol. The van der Waals surface area contributed by atoms with E-state index in [9.17, 15) is 9.90 Å². The van der Waals surface area contributed by atoms with Gasteiger partial charge in [-0.05, 0) is 33.0 Å². The van der Waals surface area contributed by atoms with Crippen LogP contribution >= 0.6 is 0 Å². The molecule has 0 aromatic heterocycles. The van der Waals surface area contributed by atoms with Crippen LogP contribution in [-0.2, 0) is 31.0 Å². The molecule has 6 heteroatoms. The largest absolute Gasteiger partial charge is 0.391 e. The minimum atomic E-state index is -1.36. The van der Waals surface area contributed by atoms with E-state index < -0.39 is 23.7 Å². The second kappa shape index (κ2) is 12.8. The topological polar surface area (TPSA) is 68.2 Å². The van der Waals surface area contributed by atoms with Gasteiger partial charge in [-0.15, -0.1) is 0 Å². The number of fused-ring (bicyclic) bond motifs is 1. The first-order valence-corrected chi connectivity index (χ1v) is 14.9. The number of carbonyl (C=O) groups is 1. The van der Waals surface area contributed by atoms with Crippen molar-refractivity contribution in [1.82, 2.24) is 4.90 Å². The predicted molar refractivity (Wildman–Crippen MR) is 171 cm³/mol. The molecule has 1 fully saturated rings. The third-order valence-electron chi connectivity index (χ3n) is 8.73. The second-order valence-corrected chi connectivity index (χ2v) is 11.2. The fourth-order valence-electron chi connectivity index (χ4n) is 6.55. The Kier molecular flexibility index (Phi) is 8.71. The molecule has 0 aliphatic carbocycles. The molecule has 0 saturated carbocycles. The molecule has 2 atom stereocenters. The molecule has 0 spiro atoms. The van der Waals surface area contributed by atoms with Gasteiger partial charge < -0.3 is 19.3 Å². The second-order valence-electron chi connectivity index (χ2n) is 11.2. The summed E-state index contributed by atoms with van der Waals surface area (Å²) < 4.78 is 18.9. The van der Waals surface area contributed by atoms with Crippen molar-refractivity contribution in [2.45, 2.75) is 36.5 Å². The SMILES string of the molecule is COC1(OC)CC(O)C(C(=O)Cc2ccc3ccccc3c2)N1COC(c1ccccc1)(c1ccccc1)c1ccccc1. The summed E-state index contributed by atoms with van der Waals surface area (Å²) in [6.45, 7) is -0.0639. The Morgan fingerprint density at radius 3 is 1.77 bits per heavy atom. The smallest absolute Gasteiger partial charge is 0.234 e. The minimum Gasteiger partial charge on any atom is -0.391 e. The number of methoxy groups -OCH3 is 2. The van der Waals surface area contributed by atoms with Crippen LogP contribution in [0, 0.1) is 0 Å². The molecule has 6 nitrogen and oxygen atoms in total. The molecule has 1 heterocycles. The van der Waals surface area contributed by atoms with E-state index in [2.05, 4.69) is 0 Å². The van der Waals surface area contributed by atoms with Crippen molar-refractivity contribution in [3.8, 4) is 0 Å². The van der Waals surface area contributed by atoms with E-state index >= 15 is 0 Å². The van der Waals surface area contributed by atoms with Crippen molar-refractivity contribution in [3.05, 3.63) is 156 Å². The van der Waals surface area contributed by atoms with Crippen molar-refractivity contribution in [3.63, 3.8) is 0 Å². The number of Topliss-reactive ketones (excluding diaryl/α,β-unsaturated/α-hetero) is 1. The van der Waals surface area contributed by atoms with Gasteiger partial charge in [-0.2, -0.15) is 0 Å². The summed E-state index contributed by atoms with van der Waals surface area (Å²) in [6.07, 6.45) is -0.786. The highest BCUT2D eigenvalue weighted by Gasteiger charge is 2.56. The van der Waals surface area contributed by atoms with E-state index in [4.69, 9.17) is 14.2 Å². The predicted octanol–water partition coefficient (Wildman–Crippen LogP) is 6.30. The van der Waals surface area contributed by atoms with E-state index in [1.165, 1.54) is 14.2 Å². The molecule has 1 aliphatic heterocycles. The molecule has 0 bridgehead atoms. The third kappa shape index (κ3) is 5.47. The van der Waals surface area contributed by atoms with Gasteiger partial charge in [-0.25, -0.2) is 4.90 Å². The van der Waals surface area contributed by atoms with E-state index in [-0.39, 0.29) is 25.4 Å². The van der Waals surface area contributed by atoms with Crippen LogP contribution in [0.2, 0.25) is 0 Å². The maximum atomic E-state index is 14.1. The van der Waals surface area contributed by atoms with Crippen molar-refractivity contribution >= 4 is 16.6 Å². The number of aliphatic hydroxyl groups excluding tert-OH is 1. The summed E-state index contributed by atoms with van der Waals surface area (Å²) in [5.41, 5.74) is 2.63. The number of ketones is 1. The summed E-state index contributed by atoms with van der Waals surface area (Å²) >= 11 is 0. The Labute approximate surface area is 258 Å². The third-order valence-corrected chi connectivity index (χ3v) is 8.73. The molecule has 0 amide bonds. The van der Waals surface area contributed by atoms with Gasteiger partial charge in [-0.3, -0.25) is 4.79 Å². The van der Waals surface area contributed by atoms with Crippen molar-refractivity contribution in [1.29, 1.82) is 0 Å². The first-order valence-electron chi connectivity index (χ1n) is 14.9. The highest BCUT2D eigenvalue weighted by molar-refractivity contribution is 5.89. The van der Waals surface area contributed by atoms with E-state index in [1.807, 2.05) is 133 Å². The Bertz CT molecular complexity index is 1590. The lowest BCUT2D eigenvalue weighted by Crippen LogP contribution is -2.55. The fraction of sp³-hybridized carbons (Fsp3) is 0.237. The molecular weight excluding hydrogens is 550 g/mol. The van der Waals surface area contributed by atoms with Gasteiger partial charge in [-0.1, -0.05) is 133 Å². The van der Waals surface area contributed by atoms with E-state index in [0.717, 1.165) is 33.0 Å². The van der Waals surface area contributed by atoms with Gasteiger partial charge in [0.15, 0.2) is 5.78 Å². The van der Waals surface area contributed by atoms with Crippen molar-refractivity contribution < 1.29 is 24.1 Å². The molecule has 1 saturated heterocycles. The van der Waals surface area contributed by atoms with Gasteiger partial charge in [0.25, 0.3) is 0 Å². The first kappa shape index (κ1) is 29.9. The number of hydrogen-bond donors (Lipinski definition) is 1. The molecule has 5 aromatic carbocycles. The van der Waals surface area contributed by atoms with Gasteiger partial charge in [0.05, 0.1) is 6.10 Å². The van der Waals surface area contributed by atoms with Gasteiger partial charge >= 0.3 is 0 Å². The number of carbonyl (C=O) groups excluding carboxylic acids is 1. The lowest BCUT2D eigenvalue weighted by atomic mass is 9.80. The summed E-state index contributed by atoms with van der Waals surface area (Å²) in [5, 5.41) is 13.5. The normalized spacial score (nSPS) is 18.4. The van der Waals surface area contributed by atoms with Crippen LogP contribution in [-0.4, -0.2) is 54.8 Å². The number of ether oxygens (including phenoxy) is 3. The molecule has 224 valence electrons. The highest BCUT2D eigenvalue weighted by Crippen LogP contribution is 2.43. The van der Waals surface area contributed by atoms with Crippen LogP contribution in [0.25, 0.3) is 10.8 Å². The van der Waals surface area contributed by atoms with Crippen LogP contribution in [0.4, 0.5) is 0 Å². The molecule has 0 radical (unpaired) electrons. The first-order chi connectivity index (χ1) is 21.5. The maximum Gasteiger partial charge on any atom is 0.234 e. The molecule has 6 rings (SSSR count). The zero-order valence-electron chi connectivity index (χ0n) is 25.0. The number of benzene rings is 5. The average molecular weight is 588 g/mol. The summed E-state index contributed by atoms with van der Waals surface area (Å²) in [6, 6.07) is 43.3. The fourth-order valence-corrected chi connectivity index (χ4v) is 6.55. The lowest BCUT2D eigenvalue weighted by Gasteiger charge is -2.42. The number of aliphatic hydroxyl groups is 1. The Morgan fingerprint density at radius 2 is 1.25 bits per heavy atom. The Hall–Kier alpha value is -4.17. The average Bonchev–Trinajstić information content (AvgIpc) is 3.38. The molecular formula is C38H37NO5. The number of rotatable bonds is 11. The standard InChI is InChI=1S/C38H37NO5/c1-42-37(43-2)26-35(41)36(34(40)25-28-22-23-29-14-12-13-15-30(29)24-28)39(37)27-44-38(31-16-6-3-7-17-31,32-18-8-4-9-19-32)33-20-10-5-11-21-33/h3-24,35-36,41H,25-27H2,1-2H3. The molecule has 1 N–H and O–H groups in total. The van der Waals surface area contributed by atoms with Crippen LogP contribution in [0.3, 0.4) is 0 Å². The molecule has 1 aliphatic rings. The number of hydrogen-bond acceptors (Lipinski definition) is 6. The quantitative estimate of drug-likeness (QED) is 0.145. The molecule has 44 heavy (non-hydrogen) atoms. The zero-order valence-corrected chi connectivity index (χ0v) is 25.0. The zero-order chi connectivity index (χ0) is 30.6. The van der Waals surface area contributed by atoms with Crippen LogP contribution in [0.5, 0.6) is 0 Å².